The van der Waals surface area contributed by atoms with Gasteiger partial charge in [-0.2, -0.15) is 0 Å². The Labute approximate surface area is 194 Å². The van der Waals surface area contributed by atoms with Crippen molar-refractivity contribution in [2.24, 2.45) is 0 Å². The summed E-state index contributed by atoms with van der Waals surface area (Å²) >= 11 is 0. The zero-order chi connectivity index (χ0) is 22.3. The molecule has 3 rings (SSSR count). The minimum atomic E-state index is -0.612. The van der Waals surface area contributed by atoms with Gasteiger partial charge >= 0.3 is 0 Å². The van der Waals surface area contributed by atoms with E-state index in [0.717, 1.165) is 49.2 Å². The van der Waals surface area contributed by atoms with Gasteiger partial charge in [-0.15, -0.1) is 0 Å². The van der Waals surface area contributed by atoms with Crippen molar-refractivity contribution in [3.8, 4) is 0 Å². The molecular weight excluding hydrogens is 392 g/mol. The quantitative estimate of drug-likeness (QED) is 0.181. The number of unbranched alkanes of at least 4 members (excludes halogenated alkanes) is 5. The molecule has 0 radical (unpaired) electrons. The number of rotatable bonds is 15. The Hall–Kier alpha value is -2.42. The number of hydrogen-bond donors (Lipinski definition) is 0. The monoisotopic (exact) mass is 430 g/mol. The van der Waals surface area contributed by atoms with Crippen LogP contribution in [0.15, 0.2) is 91.0 Å². The summed E-state index contributed by atoms with van der Waals surface area (Å²) in [6.07, 6.45) is 8.28. The van der Waals surface area contributed by atoms with E-state index in [1.54, 1.807) is 0 Å². The minimum absolute atomic E-state index is 0.612. The molecule has 0 atom stereocenters. The van der Waals surface area contributed by atoms with Crippen LogP contribution in [0.2, 0.25) is 0 Å². The highest BCUT2D eigenvalue weighted by atomic mass is 16.5. The van der Waals surface area contributed by atoms with Gasteiger partial charge in [0.15, 0.2) is 0 Å². The highest BCUT2D eigenvalue weighted by Gasteiger charge is 2.37. The third kappa shape index (κ3) is 6.79. The van der Waals surface area contributed by atoms with Crippen molar-refractivity contribution in [2.45, 2.75) is 57.5 Å². The Morgan fingerprint density at radius 3 is 1.34 bits per heavy atom. The van der Waals surface area contributed by atoms with Gasteiger partial charge in [-0.3, -0.25) is 0 Å². The summed E-state index contributed by atoms with van der Waals surface area (Å²) in [6, 6.07) is 31.8. The van der Waals surface area contributed by atoms with Gasteiger partial charge in [0, 0.05) is 19.8 Å². The van der Waals surface area contributed by atoms with Gasteiger partial charge in [0.25, 0.3) is 0 Å². The molecule has 3 aromatic rings. The maximum absolute atomic E-state index is 6.82. The van der Waals surface area contributed by atoms with E-state index in [0.29, 0.717) is 6.61 Å². The average molecular weight is 431 g/mol. The van der Waals surface area contributed by atoms with E-state index >= 15 is 0 Å². The second-order valence-electron chi connectivity index (χ2n) is 8.36. The van der Waals surface area contributed by atoms with Crippen LogP contribution in [0.25, 0.3) is 0 Å². The van der Waals surface area contributed by atoms with Crippen LogP contribution in [-0.2, 0) is 15.1 Å². The number of hydrogen-bond acceptors (Lipinski definition) is 2. The molecule has 2 heteroatoms. The predicted molar refractivity (Wildman–Crippen MR) is 134 cm³/mol. The van der Waals surface area contributed by atoms with Gasteiger partial charge in [-0.05, 0) is 42.4 Å². The van der Waals surface area contributed by atoms with E-state index in [-0.39, 0.29) is 0 Å². The highest BCUT2D eigenvalue weighted by Crippen LogP contribution is 2.40. The zero-order valence-corrected chi connectivity index (χ0v) is 19.5. The Morgan fingerprint density at radius 2 is 0.906 bits per heavy atom. The molecule has 32 heavy (non-hydrogen) atoms. The van der Waals surface area contributed by atoms with Crippen molar-refractivity contribution in [1.29, 1.82) is 0 Å². The fourth-order valence-electron chi connectivity index (χ4n) is 4.21. The SMILES string of the molecule is CCCCCCOCCCCCOC(c1ccccc1)(c1ccccc1)c1ccccc1. The fraction of sp³-hybridized carbons (Fsp3) is 0.400. The highest BCUT2D eigenvalue weighted by molar-refractivity contribution is 5.47. The first-order chi connectivity index (χ1) is 15.9. The molecule has 3 aromatic carbocycles. The van der Waals surface area contributed by atoms with Crippen molar-refractivity contribution in [3.63, 3.8) is 0 Å². The summed E-state index contributed by atoms with van der Waals surface area (Å²) in [5.41, 5.74) is 2.87. The lowest BCUT2D eigenvalue weighted by atomic mass is 9.80. The van der Waals surface area contributed by atoms with Gasteiger partial charge < -0.3 is 9.47 Å². The van der Waals surface area contributed by atoms with Gasteiger partial charge in [0.05, 0.1) is 0 Å². The molecule has 0 saturated heterocycles. The Kier molecular flexibility index (Phi) is 10.5. The van der Waals surface area contributed by atoms with Crippen LogP contribution < -0.4 is 0 Å². The van der Waals surface area contributed by atoms with Crippen molar-refractivity contribution in [1.82, 2.24) is 0 Å². The van der Waals surface area contributed by atoms with Crippen LogP contribution in [0.4, 0.5) is 0 Å². The number of benzene rings is 3. The first kappa shape index (κ1) is 24.2. The Morgan fingerprint density at radius 1 is 0.500 bits per heavy atom. The van der Waals surface area contributed by atoms with Gasteiger partial charge in [0.1, 0.15) is 5.60 Å². The van der Waals surface area contributed by atoms with Gasteiger partial charge in [-0.1, -0.05) is 117 Å². The molecule has 0 unspecified atom stereocenters. The number of ether oxygens (including phenoxy) is 2. The lowest BCUT2D eigenvalue weighted by Crippen LogP contribution is -2.33. The summed E-state index contributed by atoms with van der Waals surface area (Å²) in [7, 11) is 0. The van der Waals surface area contributed by atoms with E-state index in [9.17, 15) is 0 Å². The summed E-state index contributed by atoms with van der Waals surface area (Å²) in [4.78, 5) is 0. The summed E-state index contributed by atoms with van der Waals surface area (Å²) in [5.74, 6) is 0. The maximum Gasteiger partial charge on any atom is 0.143 e. The van der Waals surface area contributed by atoms with Crippen molar-refractivity contribution >= 4 is 0 Å². The summed E-state index contributed by atoms with van der Waals surface area (Å²) in [6.45, 7) is 4.70. The van der Waals surface area contributed by atoms with Gasteiger partial charge in [-0.25, -0.2) is 0 Å². The van der Waals surface area contributed by atoms with Crippen LogP contribution in [0, 0.1) is 0 Å². The van der Waals surface area contributed by atoms with E-state index in [4.69, 9.17) is 9.47 Å². The van der Waals surface area contributed by atoms with Crippen LogP contribution in [0.5, 0.6) is 0 Å². The molecule has 0 aliphatic carbocycles. The molecule has 0 aliphatic rings. The first-order valence-electron chi connectivity index (χ1n) is 12.3. The first-order valence-corrected chi connectivity index (χ1v) is 12.3. The van der Waals surface area contributed by atoms with Crippen molar-refractivity contribution in [3.05, 3.63) is 108 Å². The van der Waals surface area contributed by atoms with Crippen LogP contribution in [0.3, 0.4) is 0 Å². The summed E-state index contributed by atoms with van der Waals surface area (Å²) in [5, 5.41) is 0. The maximum atomic E-state index is 6.82. The molecule has 0 aliphatic heterocycles. The molecule has 0 fully saturated rings. The topological polar surface area (TPSA) is 18.5 Å². The van der Waals surface area contributed by atoms with Crippen LogP contribution in [-0.4, -0.2) is 19.8 Å². The molecular formula is C30H38O2. The second-order valence-corrected chi connectivity index (χ2v) is 8.36. The van der Waals surface area contributed by atoms with E-state index in [1.165, 1.54) is 25.7 Å². The predicted octanol–water partition coefficient (Wildman–Crippen LogP) is 7.76. The molecule has 0 N–H and O–H groups in total. The van der Waals surface area contributed by atoms with Gasteiger partial charge in [0.2, 0.25) is 0 Å². The summed E-state index contributed by atoms with van der Waals surface area (Å²) < 4.78 is 12.6. The molecule has 2 nitrogen and oxygen atoms in total. The van der Waals surface area contributed by atoms with E-state index in [2.05, 4.69) is 97.9 Å². The van der Waals surface area contributed by atoms with E-state index in [1.807, 2.05) is 0 Å². The Bertz CT molecular complexity index is 749. The minimum Gasteiger partial charge on any atom is -0.381 e. The Balaban J connectivity index is 1.64. The second kappa shape index (κ2) is 13.9. The van der Waals surface area contributed by atoms with Crippen molar-refractivity contribution < 1.29 is 9.47 Å². The molecule has 0 bridgehead atoms. The molecule has 0 heterocycles. The third-order valence-corrected chi connectivity index (χ3v) is 5.93. The normalized spacial score (nSPS) is 11.5. The molecule has 170 valence electrons. The average Bonchev–Trinajstić information content (AvgIpc) is 2.87. The molecule has 0 saturated carbocycles. The molecule has 0 spiro atoms. The fourth-order valence-corrected chi connectivity index (χ4v) is 4.21. The zero-order valence-electron chi connectivity index (χ0n) is 19.5. The van der Waals surface area contributed by atoms with E-state index < -0.39 is 5.60 Å². The lowest BCUT2D eigenvalue weighted by molar-refractivity contribution is 0.00979. The smallest absolute Gasteiger partial charge is 0.143 e. The standard InChI is InChI=1S/C30H38O2/c1-2-3-4-15-24-31-25-16-8-17-26-32-30(27-18-9-5-10-19-27,28-20-11-6-12-21-28)29-22-13-7-14-23-29/h5-7,9-14,18-23H,2-4,8,15-17,24-26H2,1H3. The van der Waals surface area contributed by atoms with Crippen LogP contribution in [0.1, 0.15) is 68.6 Å². The molecule has 0 aromatic heterocycles. The van der Waals surface area contributed by atoms with Crippen LogP contribution >= 0.6 is 0 Å². The molecule has 0 amide bonds. The third-order valence-electron chi connectivity index (χ3n) is 5.93. The lowest BCUT2D eigenvalue weighted by Gasteiger charge is -2.36. The largest absolute Gasteiger partial charge is 0.381 e. The van der Waals surface area contributed by atoms with Crippen molar-refractivity contribution in [2.75, 3.05) is 19.8 Å².